The Morgan fingerprint density at radius 3 is 1.28 bits per heavy atom. The van der Waals surface area contributed by atoms with E-state index in [2.05, 4.69) is 42.3 Å². The van der Waals surface area contributed by atoms with Crippen molar-refractivity contribution in [2.45, 2.75) is 0 Å². The van der Waals surface area contributed by atoms with Gasteiger partial charge in [-0.1, -0.05) is 12.1 Å². The Kier molecular flexibility index (Phi) is 10.2. The molecule has 6 N–H and O–H groups in total. The molecule has 2 aromatic carbocycles. The normalized spacial score (nSPS) is 9.61. The standard InChI is InChI=1S/2C12H11FN4S/c2*13-9-4-6-10(7-5-9)15-12(18)17-16-11-3-1-2-8-14-11/h2*1-8H,(H,14,16)(H2,15,17,18). The molecule has 0 amide bonds. The molecular weight excluding hydrogens is 502 g/mol. The third-order valence-corrected chi connectivity index (χ3v) is 4.55. The number of pyridine rings is 2. The van der Waals surface area contributed by atoms with E-state index in [-0.39, 0.29) is 11.6 Å². The Morgan fingerprint density at radius 1 is 0.556 bits per heavy atom. The van der Waals surface area contributed by atoms with E-state index in [9.17, 15) is 8.78 Å². The molecule has 0 aliphatic rings. The van der Waals surface area contributed by atoms with Gasteiger partial charge in [-0.05, 0) is 97.2 Å². The summed E-state index contributed by atoms with van der Waals surface area (Å²) in [5.74, 6) is 0.735. The van der Waals surface area contributed by atoms with E-state index in [4.69, 9.17) is 24.4 Å². The van der Waals surface area contributed by atoms with Crippen molar-refractivity contribution in [2.24, 2.45) is 0 Å². The number of aromatic nitrogens is 2. The number of rotatable bonds is 6. The van der Waals surface area contributed by atoms with Crippen LogP contribution in [0.15, 0.2) is 97.3 Å². The smallest absolute Gasteiger partial charge is 0.189 e. The van der Waals surface area contributed by atoms with E-state index in [0.29, 0.717) is 33.2 Å². The van der Waals surface area contributed by atoms with Crippen molar-refractivity contribution in [3.63, 3.8) is 0 Å². The molecule has 0 aliphatic heterocycles. The lowest BCUT2D eigenvalue weighted by Crippen LogP contribution is -2.33. The fourth-order valence-electron chi connectivity index (χ4n) is 2.51. The summed E-state index contributed by atoms with van der Waals surface area (Å²) in [6, 6.07) is 22.8. The van der Waals surface area contributed by atoms with E-state index in [1.54, 1.807) is 48.8 Å². The minimum Gasteiger partial charge on any atom is -0.331 e. The molecule has 36 heavy (non-hydrogen) atoms. The first kappa shape index (κ1) is 26.2. The lowest BCUT2D eigenvalue weighted by Gasteiger charge is -2.11. The summed E-state index contributed by atoms with van der Waals surface area (Å²) >= 11 is 10.1. The van der Waals surface area contributed by atoms with Gasteiger partial charge in [0.2, 0.25) is 0 Å². The van der Waals surface area contributed by atoms with Gasteiger partial charge in [0, 0.05) is 23.8 Å². The molecule has 4 rings (SSSR count). The predicted molar refractivity (Wildman–Crippen MR) is 147 cm³/mol. The number of nitrogens with zero attached hydrogens (tertiary/aromatic N) is 2. The first-order chi connectivity index (χ1) is 17.5. The number of hydrogen-bond donors (Lipinski definition) is 6. The summed E-state index contributed by atoms with van der Waals surface area (Å²) in [7, 11) is 0. The summed E-state index contributed by atoms with van der Waals surface area (Å²) in [6.07, 6.45) is 3.33. The molecule has 12 heteroatoms. The molecule has 0 atom stereocenters. The highest BCUT2D eigenvalue weighted by Crippen LogP contribution is 2.09. The minimum atomic E-state index is -0.286. The van der Waals surface area contributed by atoms with Gasteiger partial charge in [-0.25, -0.2) is 18.7 Å². The quantitative estimate of drug-likeness (QED) is 0.152. The second-order valence-corrected chi connectivity index (χ2v) is 7.67. The van der Waals surface area contributed by atoms with Gasteiger partial charge >= 0.3 is 0 Å². The van der Waals surface area contributed by atoms with Gasteiger partial charge in [0.25, 0.3) is 0 Å². The highest BCUT2D eigenvalue weighted by atomic mass is 32.1. The van der Waals surface area contributed by atoms with E-state index in [1.165, 1.54) is 24.3 Å². The van der Waals surface area contributed by atoms with Crippen molar-refractivity contribution in [1.82, 2.24) is 20.8 Å². The number of hydrazine groups is 2. The number of benzene rings is 2. The summed E-state index contributed by atoms with van der Waals surface area (Å²) in [4.78, 5) is 8.12. The van der Waals surface area contributed by atoms with Crippen LogP contribution in [0.5, 0.6) is 0 Å². The number of anilines is 4. The Balaban J connectivity index is 0.000000201. The molecule has 0 radical (unpaired) electrons. The maximum atomic E-state index is 12.7. The molecule has 0 bridgehead atoms. The molecule has 2 aromatic heterocycles. The molecule has 0 unspecified atom stereocenters. The molecule has 2 heterocycles. The maximum Gasteiger partial charge on any atom is 0.189 e. The first-order valence-corrected chi connectivity index (χ1v) is 11.3. The van der Waals surface area contributed by atoms with Crippen LogP contribution in [0.2, 0.25) is 0 Å². The number of nitrogens with one attached hydrogen (secondary N) is 6. The van der Waals surface area contributed by atoms with Gasteiger partial charge in [0.05, 0.1) is 0 Å². The van der Waals surface area contributed by atoms with Crippen LogP contribution in [-0.4, -0.2) is 20.2 Å². The Bertz CT molecular complexity index is 1130. The topological polar surface area (TPSA) is 98.0 Å². The number of halogens is 2. The van der Waals surface area contributed by atoms with Crippen LogP contribution in [0.3, 0.4) is 0 Å². The van der Waals surface area contributed by atoms with Crippen LogP contribution in [0.4, 0.5) is 31.8 Å². The fourth-order valence-corrected chi connectivity index (χ4v) is 2.84. The number of thiocarbonyl (C=S) groups is 2. The van der Waals surface area contributed by atoms with Crippen molar-refractivity contribution in [3.05, 3.63) is 109 Å². The molecule has 0 spiro atoms. The van der Waals surface area contributed by atoms with Crippen LogP contribution >= 0.6 is 24.4 Å². The van der Waals surface area contributed by atoms with Crippen LogP contribution in [0, 0.1) is 11.6 Å². The largest absolute Gasteiger partial charge is 0.331 e. The van der Waals surface area contributed by atoms with Crippen LogP contribution in [0.1, 0.15) is 0 Å². The van der Waals surface area contributed by atoms with Gasteiger partial charge in [0.1, 0.15) is 23.3 Å². The molecule has 0 aliphatic carbocycles. The van der Waals surface area contributed by atoms with Gasteiger partial charge in [-0.3, -0.25) is 21.7 Å². The molecular formula is C24H22F2N8S2. The van der Waals surface area contributed by atoms with E-state index in [1.807, 2.05) is 24.3 Å². The maximum absolute atomic E-state index is 12.7. The third kappa shape index (κ3) is 9.83. The first-order valence-electron chi connectivity index (χ1n) is 10.5. The van der Waals surface area contributed by atoms with E-state index >= 15 is 0 Å². The van der Waals surface area contributed by atoms with E-state index in [0.717, 1.165) is 0 Å². The number of hydrogen-bond acceptors (Lipinski definition) is 6. The summed E-state index contributed by atoms with van der Waals surface area (Å²) < 4.78 is 25.4. The highest BCUT2D eigenvalue weighted by molar-refractivity contribution is 7.80. The van der Waals surface area contributed by atoms with Gasteiger partial charge in [0.15, 0.2) is 10.2 Å². The molecule has 0 fully saturated rings. The molecule has 184 valence electrons. The zero-order valence-electron chi connectivity index (χ0n) is 18.7. The Labute approximate surface area is 217 Å². The van der Waals surface area contributed by atoms with Crippen molar-refractivity contribution < 1.29 is 8.78 Å². The molecule has 4 aromatic rings. The van der Waals surface area contributed by atoms with Crippen LogP contribution in [0.25, 0.3) is 0 Å². The zero-order valence-corrected chi connectivity index (χ0v) is 20.3. The second-order valence-electron chi connectivity index (χ2n) is 6.85. The second kappa shape index (κ2) is 14.1. The van der Waals surface area contributed by atoms with Crippen molar-refractivity contribution in [1.29, 1.82) is 0 Å². The summed E-state index contributed by atoms with van der Waals surface area (Å²) in [6.45, 7) is 0. The molecule has 0 saturated heterocycles. The zero-order chi connectivity index (χ0) is 25.6. The summed E-state index contributed by atoms with van der Waals surface area (Å²) in [5.41, 5.74) is 12.6. The molecule has 0 saturated carbocycles. The van der Waals surface area contributed by atoms with Crippen LogP contribution < -0.4 is 32.3 Å². The van der Waals surface area contributed by atoms with Gasteiger partial charge in [-0.2, -0.15) is 0 Å². The minimum absolute atomic E-state index is 0.286. The predicted octanol–water partition coefficient (Wildman–Crippen LogP) is 5.07. The summed E-state index contributed by atoms with van der Waals surface area (Å²) in [5, 5.41) is 6.54. The average molecular weight is 525 g/mol. The lowest BCUT2D eigenvalue weighted by molar-refractivity contribution is 0.627. The Morgan fingerprint density at radius 2 is 0.944 bits per heavy atom. The average Bonchev–Trinajstić information content (AvgIpc) is 2.91. The van der Waals surface area contributed by atoms with Crippen molar-refractivity contribution in [2.75, 3.05) is 21.5 Å². The van der Waals surface area contributed by atoms with E-state index < -0.39 is 0 Å². The van der Waals surface area contributed by atoms with Crippen molar-refractivity contribution >= 4 is 57.7 Å². The monoisotopic (exact) mass is 524 g/mol. The third-order valence-electron chi connectivity index (χ3n) is 4.14. The van der Waals surface area contributed by atoms with Gasteiger partial charge in [-0.15, -0.1) is 0 Å². The fraction of sp³-hybridized carbons (Fsp3) is 0. The van der Waals surface area contributed by atoms with Gasteiger partial charge < -0.3 is 10.6 Å². The lowest BCUT2D eigenvalue weighted by atomic mass is 10.3. The molecule has 8 nitrogen and oxygen atoms in total. The highest BCUT2D eigenvalue weighted by Gasteiger charge is 1.99. The van der Waals surface area contributed by atoms with Crippen LogP contribution in [-0.2, 0) is 0 Å². The Hall–Kier alpha value is -4.42. The van der Waals surface area contributed by atoms with Crippen molar-refractivity contribution in [3.8, 4) is 0 Å². The SMILES string of the molecule is Fc1ccc(NC(=S)NNc2ccccn2)cc1.Fc1ccc(NC(=S)NNc2ccccn2)cc1.